The predicted molar refractivity (Wildman–Crippen MR) is 307 cm³/mol. The molecule has 0 fully saturated rings. The molecular formula is C64H58O25. The van der Waals surface area contributed by atoms with Crippen molar-refractivity contribution < 1.29 is 121 Å². The lowest BCUT2D eigenvalue weighted by atomic mass is 10.0. The van der Waals surface area contributed by atoms with Crippen LogP contribution in [0.3, 0.4) is 0 Å². The third-order valence-electron chi connectivity index (χ3n) is 11.3. The minimum absolute atomic E-state index is 0.132. The van der Waals surface area contributed by atoms with Crippen LogP contribution in [0.4, 0.5) is 0 Å². The molecule has 89 heavy (non-hydrogen) atoms. The lowest BCUT2D eigenvalue weighted by molar-refractivity contribution is 0.00533. The van der Waals surface area contributed by atoms with Gasteiger partial charge in [0.1, 0.15) is 56.9 Å². The van der Waals surface area contributed by atoms with Crippen LogP contribution in [0, 0.1) is 0 Å². The summed E-state index contributed by atoms with van der Waals surface area (Å²) in [5, 5.41) is 38.9. The zero-order valence-electron chi connectivity index (χ0n) is 49.8. The zero-order chi connectivity index (χ0) is 66.4. The molecule has 0 spiro atoms. The molecule has 4 N–H and O–H groups in total. The van der Waals surface area contributed by atoms with Gasteiger partial charge in [0, 0.05) is 0 Å². The quantitative estimate of drug-likeness (QED) is 0.0353. The van der Waals surface area contributed by atoms with E-state index in [1.165, 1.54) is 53.7 Å². The predicted octanol–water partition coefficient (Wildman–Crippen LogP) is 11.7. The van der Waals surface area contributed by atoms with Crippen molar-refractivity contribution in [2.75, 3.05) is 0 Å². The lowest BCUT2D eigenvalue weighted by Crippen LogP contribution is -2.26. The molecule has 0 saturated carbocycles. The van der Waals surface area contributed by atoms with Crippen LogP contribution in [0.2, 0.25) is 0 Å². The van der Waals surface area contributed by atoms with E-state index in [9.17, 15) is 78.0 Å². The second kappa shape index (κ2) is 26.2. The van der Waals surface area contributed by atoms with E-state index in [1.807, 2.05) is 0 Å². The highest BCUT2D eigenvalue weighted by Crippen LogP contribution is 2.34. The van der Waals surface area contributed by atoms with E-state index in [-0.39, 0.29) is 28.7 Å². The Balaban J connectivity index is 1.40. The number of esters is 8. The number of carboxylic acids is 4. The van der Waals surface area contributed by atoms with Gasteiger partial charge in [-0.2, -0.15) is 0 Å². The fourth-order valence-corrected chi connectivity index (χ4v) is 7.76. The van der Waals surface area contributed by atoms with Gasteiger partial charge in [0.15, 0.2) is 0 Å². The molecule has 0 heterocycles. The number of aromatic carboxylic acids is 4. The smallest absolute Gasteiger partial charge is 0.347 e. The summed E-state index contributed by atoms with van der Waals surface area (Å²) in [6.45, 7) is 18.4. The summed E-state index contributed by atoms with van der Waals surface area (Å²) < 4.78 is 49.9. The largest absolute Gasteiger partial charge is 0.478 e. The van der Waals surface area contributed by atoms with Gasteiger partial charge in [-0.3, -0.25) is 0 Å². The summed E-state index contributed by atoms with van der Waals surface area (Å²) >= 11 is 0. The van der Waals surface area contributed by atoms with E-state index >= 15 is 0 Å². The van der Waals surface area contributed by atoms with E-state index < -0.39 is 167 Å². The summed E-state index contributed by atoms with van der Waals surface area (Å²) in [5.41, 5.74) is -11.6. The third kappa shape index (κ3) is 17.9. The molecule has 0 amide bonds. The summed E-state index contributed by atoms with van der Waals surface area (Å²) in [6, 6.07) is 18.4. The second-order valence-corrected chi connectivity index (χ2v) is 23.1. The monoisotopic (exact) mass is 1230 g/mol. The molecule has 0 aromatic heterocycles. The topological polar surface area (TPSA) is 369 Å². The van der Waals surface area contributed by atoms with Crippen LogP contribution in [0.5, 0.6) is 34.5 Å². The molecule has 0 aliphatic heterocycles. The molecule has 0 radical (unpaired) electrons. The van der Waals surface area contributed by atoms with Crippen LogP contribution in [0.1, 0.15) is 207 Å². The summed E-state index contributed by atoms with van der Waals surface area (Å²) in [4.78, 5) is 159. The van der Waals surface area contributed by atoms with E-state index in [0.717, 1.165) is 97.1 Å². The van der Waals surface area contributed by atoms with Gasteiger partial charge in [0.25, 0.3) is 0 Å². The van der Waals surface area contributed by atoms with E-state index in [2.05, 4.69) is 0 Å². The second-order valence-electron chi connectivity index (χ2n) is 23.1. The average molecular weight is 1230 g/mol. The molecule has 25 nitrogen and oxygen atoms in total. The Morgan fingerprint density at radius 3 is 0.618 bits per heavy atom. The zero-order valence-corrected chi connectivity index (χ0v) is 49.8. The van der Waals surface area contributed by atoms with E-state index in [4.69, 9.17) is 42.6 Å². The van der Waals surface area contributed by atoms with Gasteiger partial charge < -0.3 is 63.1 Å². The number of hydrogen-bond donors (Lipinski definition) is 4. The van der Waals surface area contributed by atoms with Gasteiger partial charge in [0.2, 0.25) is 0 Å². The lowest BCUT2D eigenvalue weighted by Gasteiger charge is -2.21. The van der Waals surface area contributed by atoms with Crippen molar-refractivity contribution in [2.24, 2.45) is 0 Å². The standard InChI is InChI=1S/C64H58O25/c1-61(2,3)86-57(77)44-26-32(14-20-38(44)50(67)68)82-35-17-23-41(47(29-35)59(79)88-63(7,8)9)54(74)84-53(73)40-22-16-34(81-31-13-19-37(49(65)66)43(25-31)52(71)72)28-46(40)56(76)85-55(75)42-24-18-36(30-48(42)60(80)89-64(10,11)12)83-33-15-21-39(51(69)70)45(27-33)58(78)87-62(4,5)6/h13-30H,1-12H3,(H,65,66)(H,67,68)(H,69,70)(H,71,72). The minimum Gasteiger partial charge on any atom is -0.478 e. The van der Waals surface area contributed by atoms with E-state index in [0.29, 0.717) is 0 Å². The number of carbonyl (C=O) groups excluding carboxylic acids is 8. The SMILES string of the molecule is CC(C)(C)OC(=O)c1cc(Oc2ccc(C(=O)OC(=O)c3ccc(Oc4ccc(C(=O)O)c(C(=O)O)c4)cc3C(=O)OC(=O)c3ccc(Oc4ccc(C(=O)O)c(C(=O)OC(C)(C)C)c4)cc3C(=O)OC(C)(C)C)c(C(=O)OC(C)(C)C)c2)ccc1C(=O)O. The van der Waals surface area contributed by atoms with Gasteiger partial charge in [-0.25, -0.2) is 57.5 Å². The maximum absolute atomic E-state index is 14.4. The highest BCUT2D eigenvalue weighted by atomic mass is 16.6. The Hall–Kier alpha value is -11.2. The molecule has 0 atom stereocenters. The molecule has 25 heteroatoms. The number of ether oxygens (including phenoxy) is 9. The highest BCUT2D eigenvalue weighted by Gasteiger charge is 2.33. The average Bonchev–Trinajstić information content (AvgIpc) is 1.29. The van der Waals surface area contributed by atoms with Gasteiger partial charge in [0.05, 0.1) is 66.8 Å². The first-order valence-corrected chi connectivity index (χ1v) is 26.4. The number of hydrogen-bond acceptors (Lipinski definition) is 21. The van der Waals surface area contributed by atoms with Crippen LogP contribution in [0.15, 0.2) is 109 Å². The normalized spacial score (nSPS) is 11.4. The van der Waals surface area contributed by atoms with Crippen LogP contribution < -0.4 is 14.2 Å². The van der Waals surface area contributed by atoms with Crippen molar-refractivity contribution in [3.8, 4) is 34.5 Å². The third-order valence-corrected chi connectivity index (χ3v) is 11.3. The van der Waals surface area contributed by atoms with Crippen molar-refractivity contribution in [1.29, 1.82) is 0 Å². The van der Waals surface area contributed by atoms with Crippen molar-refractivity contribution in [3.05, 3.63) is 176 Å². The first-order chi connectivity index (χ1) is 41.2. The number of benzene rings is 6. The molecule has 6 aromatic rings. The molecule has 464 valence electrons. The highest BCUT2D eigenvalue weighted by molar-refractivity contribution is 6.14. The van der Waals surface area contributed by atoms with Gasteiger partial charge >= 0.3 is 71.6 Å². The maximum Gasteiger partial charge on any atom is 0.347 e. The summed E-state index contributed by atoms with van der Waals surface area (Å²) in [6.07, 6.45) is 0. The molecule has 0 saturated heterocycles. The van der Waals surface area contributed by atoms with Crippen LogP contribution in [-0.4, -0.2) is 114 Å². The van der Waals surface area contributed by atoms with Crippen LogP contribution in [-0.2, 0) is 28.4 Å². The van der Waals surface area contributed by atoms with Crippen LogP contribution in [0.25, 0.3) is 0 Å². The number of carboxylic acid groups (broad SMARTS) is 4. The fourth-order valence-electron chi connectivity index (χ4n) is 7.76. The van der Waals surface area contributed by atoms with E-state index in [1.54, 1.807) is 41.5 Å². The van der Waals surface area contributed by atoms with Crippen molar-refractivity contribution >= 4 is 71.6 Å². The molecule has 0 unspecified atom stereocenters. The Morgan fingerprint density at radius 2 is 0.404 bits per heavy atom. The Kier molecular flexibility index (Phi) is 19.7. The Morgan fingerprint density at radius 1 is 0.236 bits per heavy atom. The number of rotatable bonds is 18. The first kappa shape index (κ1) is 66.9. The van der Waals surface area contributed by atoms with Gasteiger partial charge in [-0.15, -0.1) is 0 Å². The van der Waals surface area contributed by atoms with Crippen molar-refractivity contribution in [1.82, 2.24) is 0 Å². The first-order valence-electron chi connectivity index (χ1n) is 26.4. The molecule has 0 bridgehead atoms. The number of carbonyl (C=O) groups is 12. The molecule has 6 aromatic carbocycles. The molecule has 0 aliphatic carbocycles. The maximum atomic E-state index is 14.4. The molecule has 6 rings (SSSR count). The summed E-state index contributed by atoms with van der Waals surface area (Å²) in [7, 11) is 0. The Labute approximate surface area is 506 Å². The minimum atomic E-state index is -1.68. The Bertz CT molecular complexity index is 3930. The molecular weight excluding hydrogens is 1170 g/mol. The van der Waals surface area contributed by atoms with Gasteiger partial charge in [-0.05, 0) is 192 Å². The summed E-state index contributed by atoms with van der Waals surface area (Å²) in [5.74, 6) is -18.3. The van der Waals surface area contributed by atoms with Crippen molar-refractivity contribution in [2.45, 2.75) is 105 Å². The van der Waals surface area contributed by atoms with Crippen LogP contribution >= 0.6 is 0 Å². The molecule has 0 aliphatic rings. The fraction of sp³-hybridized carbons (Fsp3) is 0.250. The van der Waals surface area contributed by atoms with Crippen molar-refractivity contribution in [3.63, 3.8) is 0 Å². The van der Waals surface area contributed by atoms with Gasteiger partial charge in [-0.1, -0.05) is 0 Å².